The molecular formula is C21H22FN5O2. The Labute approximate surface area is 167 Å². The molecule has 0 atom stereocenters. The fourth-order valence-corrected chi connectivity index (χ4v) is 3.48. The van der Waals surface area contributed by atoms with Gasteiger partial charge in [0.05, 0.1) is 23.1 Å². The number of anilines is 1. The maximum absolute atomic E-state index is 13.7. The van der Waals surface area contributed by atoms with Gasteiger partial charge in [0.2, 0.25) is 11.9 Å². The first-order chi connectivity index (χ1) is 14.1. The minimum atomic E-state index is -0.603. The maximum Gasteiger partial charge on any atom is 0.254 e. The molecular weight excluding hydrogens is 373 g/mol. The molecule has 7 nitrogen and oxygen atoms in total. The van der Waals surface area contributed by atoms with Gasteiger partial charge in [-0.05, 0) is 30.7 Å². The highest BCUT2D eigenvalue weighted by atomic mass is 19.1. The average molecular weight is 395 g/mol. The van der Waals surface area contributed by atoms with Crippen molar-refractivity contribution in [2.75, 3.05) is 37.6 Å². The quantitative estimate of drug-likeness (QED) is 0.710. The molecule has 1 saturated heterocycles. The van der Waals surface area contributed by atoms with Crippen LogP contribution in [0.5, 0.6) is 0 Å². The van der Waals surface area contributed by atoms with Crippen molar-refractivity contribution in [3.63, 3.8) is 0 Å². The second-order valence-corrected chi connectivity index (χ2v) is 6.96. The number of hydrogen-bond acceptors (Lipinski definition) is 4. The fraction of sp³-hybridized carbons (Fsp3) is 0.286. The van der Waals surface area contributed by atoms with E-state index in [1.54, 1.807) is 11.0 Å². The zero-order chi connectivity index (χ0) is 20.2. The first-order valence-corrected chi connectivity index (χ1v) is 9.62. The number of H-pyrrole nitrogens is 1. The number of aromatic amines is 1. The van der Waals surface area contributed by atoms with E-state index in [-0.39, 0.29) is 18.0 Å². The fourth-order valence-electron chi connectivity index (χ4n) is 3.48. The number of para-hydroxylation sites is 2. The zero-order valence-electron chi connectivity index (χ0n) is 15.9. The number of fused-ring (bicyclic) bond motifs is 1. The van der Waals surface area contributed by atoms with Gasteiger partial charge in [-0.3, -0.25) is 9.59 Å². The lowest BCUT2D eigenvalue weighted by molar-refractivity contribution is -0.129. The molecule has 1 aliphatic heterocycles. The van der Waals surface area contributed by atoms with Gasteiger partial charge in [-0.25, -0.2) is 9.37 Å². The molecule has 1 aliphatic rings. The third kappa shape index (κ3) is 4.21. The summed E-state index contributed by atoms with van der Waals surface area (Å²) in [4.78, 5) is 36.4. The smallest absolute Gasteiger partial charge is 0.254 e. The zero-order valence-corrected chi connectivity index (χ0v) is 15.9. The number of aromatic nitrogens is 2. The van der Waals surface area contributed by atoms with Crippen LogP contribution in [0.2, 0.25) is 0 Å². The Kier molecular flexibility index (Phi) is 5.41. The van der Waals surface area contributed by atoms with Crippen LogP contribution in [0.3, 0.4) is 0 Å². The van der Waals surface area contributed by atoms with Crippen LogP contribution in [0, 0.1) is 5.82 Å². The van der Waals surface area contributed by atoms with Crippen molar-refractivity contribution in [2.24, 2.45) is 0 Å². The Bertz CT molecular complexity index is 1000. The van der Waals surface area contributed by atoms with E-state index in [0.717, 1.165) is 29.9 Å². The van der Waals surface area contributed by atoms with Crippen LogP contribution in [0.25, 0.3) is 11.0 Å². The van der Waals surface area contributed by atoms with Crippen LogP contribution < -0.4 is 10.2 Å². The minimum absolute atomic E-state index is 0.0628. The highest BCUT2D eigenvalue weighted by molar-refractivity contribution is 5.96. The molecule has 0 unspecified atom stereocenters. The lowest BCUT2D eigenvalue weighted by atomic mass is 10.2. The van der Waals surface area contributed by atoms with Crippen molar-refractivity contribution in [3.8, 4) is 0 Å². The van der Waals surface area contributed by atoms with E-state index >= 15 is 0 Å². The first kappa shape index (κ1) is 18.9. The number of nitrogens with one attached hydrogen (secondary N) is 2. The molecule has 2 N–H and O–H groups in total. The van der Waals surface area contributed by atoms with E-state index < -0.39 is 11.7 Å². The third-order valence-electron chi connectivity index (χ3n) is 5.04. The number of nitrogens with zero attached hydrogens (tertiary/aromatic N) is 3. The number of carbonyl (C=O) groups is 2. The Balaban J connectivity index is 1.33. The number of rotatable bonds is 4. The van der Waals surface area contributed by atoms with Crippen molar-refractivity contribution in [1.82, 2.24) is 20.2 Å². The Hall–Kier alpha value is -3.42. The molecule has 0 radical (unpaired) electrons. The highest BCUT2D eigenvalue weighted by Crippen LogP contribution is 2.18. The third-order valence-corrected chi connectivity index (χ3v) is 5.04. The van der Waals surface area contributed by atoms with Crippen molar-refractivity contribution >= 4 is 28.8 Å². The second-order valence-electron chi connectivity index (χ2n) is 6.96. The van der Waals surface area contributed by atoms with Crippen LogP contribution in [-0.2, 0) is 4.79 Å². The average Bonchev–Trinajstić information content (AvgIpc) is 3.01. The van der Waals surface area contributed by atoms with E-state index in [4.69, 9.17) is 0 Å². The summed E-state index contributed by atoms with van der Waals surface area (Å²) in [6.07, 6.45) is 0.796. The summed E-state index contributed by atoms with van der Waals surface area (Å²) >= 11 is 0. The van der Waals surface area contributed by atoms with E-state index in [9.17, 15) is 14.0 Å². The number of benzene rings is 2. The van der Waals surface area contributed by atoms with Crippen LogP contribution in [0.15, 0.2) is 48.5 Å². The van der Waals surface area contributed by atoms with Gasteiger partial charge in [-0.2, -0.15) is 0 Å². The number of carbonyl (C=O) groups excluding carboxylic acids is 2. The number of halogens is 1. The molecule has 150 valence electrons. The molecule has 4 rings (SSSR count). The van der Waals surface area contributed by atoms with Gasteiger partial charge in [-0.1, -0.05) is 24.3 Å². The molecule has 0 aliphatic carbocycles. The molecule has 2 aromatic carbocycles. The number of imidazole rings is 1. The van der Waals surface area contributed by atoms with Gasteiger partial charge in [0.15, 0.2) is 0 Å². The first-order valence-electron chi connectivity index (χ1n) is 9.62. The van der Waals surface area contributed by atoms with Crippen LogP contribution in [-0.4, -0.2) is 59.4 Å². The molecule has 1 fully saturated rings. The Morgan fingerprint density at radius 2 is 1.83 bits per heavy atom. The molecule has 3 aromatic rings. The van der Waals surface area contributed by atoms with Gasteiger partial charge in [-0.15, -0.1) is 0 Å². The summed E-state index contributed by atoms with van der Waals surface area (Å²) < 4.78 is 13.7. The normalized spacial score (nSPS) is 14.7. The second kappa shape index (κ2) is 8.30. The lowest BCUT2D eigenvalue weighted by Gasteiger charge is -2.22. The molecule has 0 spiro atoms. The number of hydrogen-bond donors (Lipinski definition) is 2. The summed E-state index contributed by atoms with van der Waals surface area (Å²) in [6, 6.07) is 13.6. The van der Waals surface area contributed by atoms with E-state index in [1.165, 1.54) is 18.2 Å². The van der Waals surface area contributed by atoms with Crippen molar-refractivity contribution in [2.45, 2.75) is 6.42 Å². The lowest BCUT2D eigenvalue weighted by Crippen LogP contribution is -2.42. The summed E-state index contributed by atoms with van der Waals surface area (Å²) in [7, 11) is 0. The maximum atomic E-state index is 13.7. The van der Waals surface area contributed by atoms with Crippen LogP contribution in [0.4, 0.5) is 10.3 Å². The van der Waals surface area contributed by atoms with E-state index in [2.05, 4.69) is 20.2 Å². The summed E-state index contributed by atoms with van der Waals surface area (Å²) in [5.41, 5.74) is 1.83. The molecule has 1 aromatic heterocycles. The van der Waals surface area contributed by atoms with Crippen LogP contribution >= 0.6 is 0 Å². The van der Waals surface area contributed by atoms with Crippen molar-refractivity contribution in [1.29, 1.82) is 0 Å². The summed E-state index contributed by atoms with van der Waals surface area (Å²) in [5, 5.41) is 2.52. The van der Waals surface area contributed by atoms with Gasteiger partial charge < -0.3 is 20.1 Å². The molecule has 29 heavy (non-hydrogen) atoms. The summed E-state index contributed by atoms with van der Waals surface area (Å²) in [6.45, 7) is 2.41. The molecule has 0 saturated carbocycles. The molecule has 2 amide bonds. The minimum Gasteiger partial charge on any atom is -0.343 e. The van der Waals surface area contributed by atoms with E-state index in [1.807, 2.05) is 24.3 Å². The van der Waals surface area contributed by atoms with Gasteiger partial charge in [0.1, 0.15) is 5.82 Å². The molecule has 0 bridgehead atoms. The van der Waals surface area contributed by atoms with Crippen molar-refractivity contribution < 1.29 is 14.0 Å². The topological polar surface area (TPSA) is 81.3 Å². The Morgan fingerprint density at radius 1 is 1.03 bits per heavy atom. The highest BCUT2D eigenvalue weighted by Gasteiger charge is 2.21. The SMILES string of the molecule is O=C(NCC(=O)N1CCCN(c2nc3ccccc3[nH]2)CC1)c1ccccc1F. The van der Waals surface area contributed by atoms with Crippen LogP contribution in [0.1, 0.15) is 16.8 Å². The predicted molar refractivity (Wildman–Crippen MR) is 108 cm³/mol. The standard InChI is InChI=1S/C21H22FN5O2/c22-16-7-2-1-6-15(16)20(29)23-14-19(28)26-10-5-11-27(13-12-26)21-24-17-8-3-4-9-18(17)25-21/h1-4,6-9H,5,10-14H2,(H,23,29)(H,24,25). The summed E-state index contributed by atoms with van der Waals surface area (Å²) in [5.74, 6) is -0.571. The van der Waals surface area contributed by atoms with Gasteiger partial charge >= 0.3 is 0 Å². The monoisotopic (exact) mass is 395 g/mol. The van der Waals surface area contributed by atoms with Gasteiger partial charge in [0.25, 0.3) is 5.91 Å². The predicted octanol–water partition coefficient (Wildman–Crippen LogP) is 2.17. The van der Waals surface area contributed by atoms with Crippen molar-refractivity contribution in [3.05, 3.63) is 59.9 Å². The van der Waals surface area contributed by atoms with E-state index in [0.29, 0.717) is 19.6 Å². The largest absolute Gasteiger partial charge is 0.343 e. The number of amides is 2. The Morgan fingerprint density at radius 3 is 2.66 bits per heavy atom. The molecule has 2 heterocycles. The van der Waals surface area contributed by atoms with Gasteiger partial charge in [0, 0.05) is 26.2 Å². The molecule has 8 heteroatoms.